The van der Waals surface area contributed by atoms with Gasteiger partial charge >= 0.3 is 0 Å². The molecule has 0 unspecified atom stereocenters. The number of hydrogen-bond donors (Lipinski definition) is 2. The zero-order valence-electron chi connectivity index (χ0n) is 31.4. The third kappa shape index (κ3) is 7.31. The Morgan fingerprint density at radius 3 is 1.79 bits per heavy atom. The molecule has 16 nitrogen and oxygen atoms in total. The first-order chi connectivity index (χ1) is 28.2. The smallest absolute Gasteiger partial charge is 0.282 e. The number of hydrogen-bond acceptors (Lipinski definition) is 13. The number of aromatic nitrogens is 7. The van der Waals surface area contributed by atoms with Gasteiger partial charge in [0.15, 0.2) is 17.3 Å². The molecular formula is C41H37N11O5S. The average Bonchev–Trinajstić information content (AvgIpc) is 4.14. The molecule has 0 saturated heterocycles. The number of benzene rings is 2. The largest absolute Gasteiger partial charge is 0.360 e. The first kappa shape index (κ1) is 36.9. The Morgan fingerprint density at radius 1 is 0.707 bits per heavy atom. The molecule has 2 aliphatic heterocycles. The molecule has 2 fully saturated rings. The molecule has 6 heterocycles. The van der Waals surface area contributed by atoms with E-state index in [2.05, 4.69) is 45.9 Å². The quantitative estimate of drug-likeness (QED) is 0.226. The van der Waals surface area contributed by atoms with Crippen molar-refractivity contribution in [1.82, 2.24) is 45.9 Å². The highest BCUT2D eigenvalue weighted by molar-refractivity contribution is 7.13. The fraction of sp³-hybridized carbons (Fsp3) is 0.293. The highest BCUT2D eigenvalue weighted by Crippen LogP contribution is 2.54. The van der Waals surface area contributed by atoms with Crippen molar-refractivity contribution in [2.24, 2.45) is 11.8 Å². The second-order valence-corrected chi connectivity index (χ2v) is 15.8. The lowest BCUT2D eigenvalue weighted by Gasteiger charge is -2.22. The van der Waals surface area contributed by atoms with Crippen LogP contribution in [-0.4, -0.2) is 85.1 Å². The van der Waals surface area contributed by atoms with Gasteiger partial charge in [-0.1, -0.05) is 77.2 Å². The molecule has 0 spiro atoms. The minimum Gasteiger partial charge on any atom is -0.360 e. The molecule has 10 rings (SSSR count). The zero-order chi connectivity index (χ0) is 39.9. The summed E-state index contributed by atoms with van der Waals surface area (Å²) in [6.45, 7) is 0. The number of anilines is 2. The molecule has 2 aliphatic carbocycles. The van der Waals surface area contributed by atoms with Crippen LogP contribution in [0.4, 0.5) is 11.6 Å². The minimum atomic E-state index is -0.636. The summed E-state index contributed by atoms with van der Waals surface area (Å²) < 4.78 is 5.31. The molecule has 2 aromatic carbocycles. The summed E-state index contributed by atoms with van der Waals surface area (Å²) in [6, 6.07) is 20.1. The van der Waals surface area contributed by atoms with Crippen LogP contribution in [0.1, 0.15) is 78.3 Å². The average molecular weight is 796 g/mol. The Morgan fingerprint density at radius 2 is 1.22 bits per heavy atom. The Balaban J connectivity index is 0.000000150. The van der Waals surface area contributed by atoms with E-state index in [9.17, 15) is 19.2 Å². The highest BCUT2D eigenvalue weighted by atomic mass is 32.1. The summed E-state index contributed by atoms with van der Waals surface area (Å²) in [5.74, 6) is 0.878. The van der Waals surface area contributed by atoms with Gasteiger partial charge in [0, 0.05) is 69.6 Å². The van der Waals surface area contributed by atoms with Crippen molar-refractivity contribution in [3.63, 3.8) is 0 Å². The summed E-state index contributed by atoms with van der Waals surface area (Å²) in [7, 11) is 3.33. The fourth-order valence-corrected chi connectivity index (χ4v) is 8.53. The lowest BCUT2D eigenvalue weighted by atomic mass is 10.1. The standard InChI is InChI=1S/C21H19N5O3.C20H18N6O2S/c1-26-19-17(22-7-8-23-19)14-11-15(14)18(21(26)28)24-20(27)16-10-13(29-25-16)9-12-5-3-2-4-6-12;1-26-17-15(21-7-8-22-17)12-10-13(12)16(20(26)28)23-18(27)19-25-24-14(29-19)9-11-5-3-2-4-6-11/h2-8,10,14-15,18H,9,11H2,1H3,(H,24,27);2-8,12-13,16H,9-10H2,1H3,(H,23,27)/t14-,15+,18+;12-,13+,16+/m11/s1. The van der Waals surface area contributed by atoms with Crippen LogP contribution in [0.5, 0.6) is 0 Å². The van der Waals surface area contributed by atoms with Gasteiger partial charge in [-0.05, 0) is 35.8 Å². The topological polar surface area (TPSA) is 202 Å². The van der Waals surface area contributed by atoms with E-state index in [-0.39, 0.29) is 52.1 Å². The van der Waals surface area contributed by atoms with E-state index in [1.807, 2.05) is 60.7 Å². The second-order valence-electron chi connectivity index (χ2n) is 14.7. The number of amides is 4. The maximum atomic E-state index is 13.0. The molecule has 0 radical (unpaired) electrons. The van der Waals surface area contributed by atoms with Crippen LogP contribution in [0.2, 0.25) is 0 Å². The summed E-state index contributed by atoms with van der Waals surface area (Å²) in [5, 5.41) is 18.8. The van der Waals surface area contributed by atoms with Crippen LogP contribution in [0.15, 0.2) is 96.0 Å². The molecule has 0 bridgehead atoms. The summed E-state index contributed by atoms with van der Waals surface area (Å²) in [5.41, 5.74) is 3.98. The van der Waals surface area contributed by atoms with E-state index in [0.29, 0.717) is 30.2 Å². The van der Waals surface area contributed by atoms with Crippen molar-refractivity contribution < 1.29 is 23.7 Å². The van der Waals surface area contributed by atoms with E-state index in [4.69, 9.17) is 4.52 Å². The van der Waals surface area contributed by atoms with Gasteiger partial charge in [0.1, 0.15) is 22.9 Å². The number of nitrogens with one attached hydrogen (secondary N) is 2. The Hall–Kier alpha value is -6.75. The van der Waals surface area contributed by atoms with Gasteiger partial charge in [-0.3, -0.25) is 38.9 Å². The molecule has 6 aromatic rings. The van der Waals surface area contributed by atoms with Crippen molar-refractivity contribution in [3.8, 4) is 0 Å². The molecule has 6 atom stereocenters. The van der Waals surface area contributed by atoms with Crippen LogP contribution in [0.3, 0.4) is 0 Å². The van der Waals surface area contributed by atoms with Crippen molar-refractivity contribution in [3.05, 3.63) is 136 Å². The predicted octanol–water partition coefficient (Wildman–Crippen LogP) is 3.73. The second kappa shape index (κ2) is 15.3. The molecule has 4 aliphatic rings. The maximum Gasteiger partial charge on any atom is 0.282 e. The van der Waals surface area contributed by atoms with Crippen LogP contribution in [0, 0.1) is 11.8 Å². The number of rotatable bonds is 8. The SMILES string of the molecule is CN1C(=O)[C@@H](NC(=O)c2cc(Cc3ccccc3)on2)[C@H]2C[C@H]2c2nccnc21.CN1C(=O)[C@@H](NC(=O)c2nnc(Cc3ccccc3)s2)[C@H]2C[C@H]2c2nccnc21. The van der Waals surface area contributed by atoms with E-state index in [1.54, 1.807) is 44.9 Å². The van der Waals surface area contributed by atoms with Gasteiger partial charge in [-0.2, -0.15) is 0 Å². The van der Waals surface area contributed by atoms with Crippen molar-refractivity contribution >= 4 is 46.6 Å². The minimum absolute atomic E-state index is 0.0162. The number of likely N-dealkylation sites (N-methyl/N-ethyl adjacent to an activating group) is 2. The first-order valence-corrected chi connectivity index (χ1v) is 19.7. The monoisotopic (exact) mass is 795 g/mol. The van der Waals surface area contributed by atoms with Gasteiger partial charge in [-0.15, -0.1) is 10.2 Å². The molecule has 2 N–H and O–H groups in total. The van der Waals surface area contributed by atoms with E-state index in [1.165, 1.54) is 21.1 Å². The summed E-state index contributed by atoms with van der Waals surface area (Å²) in [4.78, 5) is 71.8. The number of carbonyl (C=O) groups excluding carboxylic acids is 4. The Bertz CT molecular complexity index is 2340. The van der Waals surface area contributed by atoms with Crippen molar-refractivity contribution in [2.45, 2.75) is 49.6 Å². The Kier molecular flexibility index (Phi) is 9.73. The summed E-state index contributed by atoms with van der Waals surface area (Å²) in [6.07, 6.45) is 9.20. The number of carbonyl (C=O) groups is 4. The van der Waals surface area contributed by atoms with Crippen molar-refractivity contribution in [2.75, 3.05) is 23.9 Å². The predicted molar refractivity (Wildman–Crippen MR) is 210 cm³/mol. The van der Waals surface area contributed by atoms with E-state index >= 15 is 0 Å². The third-order valence-corrected chi connectivity index (χ3v) is 11.8. The zero-order valence-corrected chi connectivity index (χ0v) is 32.2. The first-order valence-electron chi connectivity index (χ1n) is 18.9. The molecule has 292 valence electrons. The van der Waals surface area contributed by atoms with Gasteiger partial charge < -0.3 is 15.2 Å². The molecule has 2 saturated carbocycles. The lowest BCUT2D eigenvalue weighted by molar-refractivity contribution is -0.121. The van der Waals surface area contributed by atoms with E-state index in [0.717, 1.165) is 40.4 Å². The fourth-order valence-electron chi connectivity index (χ4n) is 7.75. The van der Waals surface area contributed by atoms with Gasteiger partial charge in [0.05, 0.1) is 11.4 Å². The van der Waals surface area contributed by atoms with Crippen LogP contribution in [0.25, 0.3) is 0 Å². The number of fused-ring (bicyclic) bond motifs is 6. The van der Waals surface area contributed by atoms with E-state index < -0.39 is 18.0 Å². The van der Waals surface area contributed by atoms with Gasteiger partial charge in [0.2, 0.25) is 5.01 Å². The molecule has 4 amide bonds. The molecule has 17 heteroatoms. The summed E-state index contributed by atoms with van der Waals surface area (Å²) >= 11 is 1.25. The van der Waals surface area contributed by atoms with Gasteiger partial charge in [-0.25, -0.2) is 9.97 Å². The van der Waals surface area contributed by atoms with Crippen LogP contribution < -0.4 is 20.4 Å². The highest BCUT2D eigenvalue weighted by Gasteiger charge is 2.54. The molecule has 58 heavy (non-hydrogen) atoms. The maximum absolute atomic E-state index is 13.0. The number of nitrogens with zero attached hydrogens (tertiary/aromatic N) is 9. The third-order valence-electron chi connectivity index (χ3n) is 10.9. The van der Waals surface area contributed by atoms with Crippen LogP contribution >= 0.6 is 11.3 Å². The Labute approximate surface area is 336 Å². The lowest BCUT2D eigenvalue weighted by Crippen LogP contribution is -2.48. The molecular weight excluding hydrogens is 759 g/mol. The van der Waals surface area contributed by atoms with Crippen LogP contribution in [-0.2, 0) is 22.4 Å². The van der Waals surface area contributed by atoms with Gasteiger partial charge in [0.25, 0.3) is 23.6 Å². The normalized spacial score (nSPS) is 22.4. The molecule has 4 aromatic heterocycles. The van der Waals surface area contributed by atoms with Crippen molar-refractivity contribution in [1.29, 1.82) is 0 Å².